The largest absolute Gasteiger partial charge is 0.465 e. The summed E-state index contributed by atoms with van der Waals surface area (Å²) in [7, 11) is 1.20. The van der Waals surface area contributed by atoms with E-state index in [1.54, 1.807) is 0 Å². The summed E-state index contributed by atoms with van der Waals surface area (Å²) in [6, 6.07) is 4.23. The van der Waals surface area contributed by atoms with Gasteiger partial charge in [0.2, 0.25) is 0 Å². The van der Waals surface area contributed by atoms with Crippen LogP contribution in [0.15, 0.2) is 18.2 Å². The van der Waals surface area contributed by atoms with E-state index in [2.05, 4.69) is 4.74 Å². The fourth-order valence-corrected chi connectivity index (χ4v) is 1.43. The molecule has 6 nitrogen and oxygen atoms in total. The van der Waals surface area contributed by atoms with E-state index in [0.29, 0.717) is 5.69 Å². The molecule has 0 aromatic heterocycles. The molecule has 0 amide bonds. The standard InChI is InChI=1S/C11H15NO5/c1-17-11(16)8-4-6(12)2-3-7(8)10(15)9(14)5-13/h2-4,9-10,13-15H,5,12H2,1H3. The second-order valence-corrected chi connectivity index (χ2v) is 3.53. The van der Waals surface area contributed by atoms with Gasteiger partial charge in [0.15, 0.2) is 0 Å². The van der Waals surface area contributed by atoms with Crippen molar-refractivity contribution in [3.8, 4) is 0 Å². The van der Waals surface area contributed by atoms with Gasteiger partial charge in [-0.05, 0) is 17.7 Å². The molecule has 1 aromatic rings. The summed E-state index contributed by atoms with van der Waals surface area (Å²) >= 11 is 0. The van der Waals surface area contributed by atoms with Crippen LogP contribution < -0.4 is 5.73 Å². The number of carbonyl (C=O) groups is 1. The molecule has 5 N–H and O–H groups in total. The van der Waals surface area contributed by atoms with Gasteiger partial charge in [-0.2, -0.15) is 0 Å². The van der Waals surface area contributed by atoms with Crippen molar-refractivity contribution in [1.29, 1.82) is 0 Å². The van der Waals surface area contributed by atoms with Crippen molar-refractivity contribution in [2.24, 2.45) is 0 Å². The molecule has 0 saturated carbocycles. The van der Waals surface area contributed by atoms with Crippen molar-refractivity contribution >= 4 is 11.7 Å². The van der Waals surface area contributed by atoms with Crippen LogP contribution in [0.3, 0.4) is 0 Å². The first-order valence-corrected chi connectivity index (χ1v) is 4.96. The van der Waals surface area contributed by atoms with Crippen molar-refractivity contribution < 1.29 is 24.9 Å². The maximum absolute atomic E-state index is 11.5. The van der Waals surface area contributed by atoms with Gasteiger partial charge in [-0.15, -0.1) is 0 Å². The monoisotopic (exact) mass is 241 g/mol. The first-order chi connectivity index (χ1) is 8.01. The Morgan fingerprint density at radius 2 is 2.12 bits per heavy atom. The number of benzene rings is 1. The van der Waals surface area contributed by atoms with Crippen molar-refractivity contribution in [2.75, 3.05) is 19.5 Å². The molecule has 0 aliphatic carbocycles. The van der Waals surface area contributed by atoms with Gasteiger partial charge in [0.05, 0.1) is 19.3 Å². The van der Waals surface area contributed by atoms with E-state index in [0.717, 1.165) is 0 Å². The van der Waals surface area contributed by atoms with Gasteiger partial charge >= 0.3 is 5.97 Å². The third-order valence-electron chi connectivity index (χ3n) is 2.35. The summed E-state index contributed by atoms with van der Waals surface area (Å²) in [6.07, 6.45) is -2.75. The zero-order valence-corrected chi connectivity index (χ0v) is 9.33. The summed E-state index contributed by atoms with van der Waals surface area (Å²) in [6.45, 7) is -0.619. The van der Waals surface area contributed by atoms with Crippen molar-refractivity contribution in [1.82, 2.24) is 0 Å². The average molecular weight is 241 g/mol. The minimum absolute atomic E-state index is 0.0625. The van der Waals surface area contributed by atoms with Crippen molar-refractivity contribution in [2.45, 2.75) is 12.2 Å². The fraction of sp³-hybridized carbons (Fsp3) is 0.364. The molecule has 0 fully saturated rings. The number of esters is 1. The first kappa shape index (κ1) is 13.4. The van der Waals surface area contributed by atoms with Crippen molar-refractivity contribution in [3.63, 3.8) is 0 Å². The molecule has 17 heavy (non-hydrogen) atoms. The zero-order valence-electron chi connectivity index (χ0n) is 9.33. The van der Waals surface area contributed by atoms with Crippen LogP contribution in [-0.2, 0) is 4.74 Å². The molecule has 2 unspecified atom stereocenters. The number of carbonyl (C=O) groups excluding carboxylic acids is 1. The highest BCUT2D eigenvalue weighted by Gasteiger charge is 2.23. The average Bonchev–Trinajstić information content (AvgIpc) is 2.35. The molecule has 0 aliphatic rings. The van der Waals surface area contributed by atoms with Crippen LogP contribution in [0.5, 0.6) is 0 Å². The van der Waals surface area contributed by atoms with Crippen LogP contribution in [0.1, 0.15) is 22.0 Å². The SMILES string of the molecule is COC(=O)c1cc(N)ccc1C(O)C(O)CO. The quantitative estimate of drug-likeness (QED) is 0.415. The Bertz CT molecular complexity index is 407. The van der Waals surface area contributed by atoms with Crippen LogP contribution in [0.4, 0.5) is 5.69 Å². The van der Waals surface area contributed by atoms with E-state index in [-0.39, 0.29) is 11.1 Å². The lowest BCUT2D eigenvalue weighted by Crippen LogP contribution is -2.24. The number of nitrogens with two attached hydrogens (primary N) is 1. The molecular weight excluding hydrogens is 226 g/mol. The Morgan fingerprint density at radius 1 is 1.47 bits per heavy atom. The highest BCUT2D eigenvalue weighted by molar-refractivity contribution is 5.92. The Morgan fingerprint density at radius 3 is 2.65 bits per heavy atom. The van der Waals surface area contributed by atoms with Crippen LogP contribution in [0.2, 0.25) is 0 Å². The van der Waals surface area contributed by atoms with Gasteiger partial charge in [-0.25, -0.2) is 4.79 Å². The third kappa shape index (κ3) is 2.94. The molecular formula is C11H15NO5. The lowest BCUT2D eigenvalue weighted by molar-refractivity contribution is -0.0158. The number of rotatable bonds is 4. The number of nitrogen functional groups attached to an aromatic ring is 1. The molecule has 1 rings (SSSR count). The number of aliphatic hydroxyl groups excluding tert-OH is 3. The predicted octanol–water partition coefficient (Wildman–Crippen LogP) is -0.558. The lowest BCUT2D eigenvalue weighted by Gasteiger charge is -2.18. The number of methoxy groups -OCH3 is 1. The molecule has 0 saturated heterocycles. The molecule has 2 atom stereocenters. The van der Waals surface area contributed by atoms with Crippen LogP contribution in [-0.4, -0.2) is 41.1 Å². The van der Waals surface area contributed by atoms with Gasteiger partial charge in [0.25, 0.3) is 0 Å². The number of hydrogen-bond donors (Lipinski definition) is 4. The smallest absolute Gasteiger partial charge is 0.338 e. The summed E-state index contributed by atoms with van der Waals surface area (Å²) in [5, 5.41) is 27.8. The molecule has 94 valence electrons. The number of ether oxygens (including phenoxy) is 1. The third-order valence-corrected chi connectivity index (χ3v) is 2.35. The van der Waals surface area contributed by atoms with E-state index >= 15 is 0 Å². The molecule has 0 heterocycles. The van der Waals surface area contributed by atoms with Gasteiger partial charge in [0, 0.05) is 5.69 Å². The highest BCUT2D eigenvalue weighted by atomic mass is 16.5. The van der Waals surface area contributed by atoms with E-state index in [9.17, 15) is 15.0 Å². The van der Waals surface area contributed by atoms with E-state index in [1.165, 1.54) is 25.3 Å². The Balaban J connectivity index is 3.18. The Labute approximate surface area is 98.3 Å². The number of aliphatic hydroxyl groups is 3. The second kappa shape index (κ2) is 5.62. The molecule has 0 radical (unpaired) electrons. The lowest BCUT2D eigenvalue weighted by atomic mass is 9.98. The van der Waals surface area contributed by atoms with E-state index in [1.807, 2.05) is 0 Å². The summed E-state index contributed by atoms with van der Waals surface area (Å²) in [5.41, 5.74) is 6.08. The Hall–Kier alpha value is -1.63. The second-order valence-electron chi connectivity index (χ2n) is 3.53. The van der Waals surface area contributed by atoms with Gasteiger partial charge in [-0.1, -0.05) is 6.07 Å². The zero-order chi connectivity index (χ0) is 13.0. The maximum atomic E-state index is 11.5. The van der Waals surface area contributed by atoms with Gasteiger partial charge < -0.3 is 25.8 Å². The molecule has 1 aromatic carbocycles. The van der Waals surface area contributed by atoms with Crippen LogP contribution in [0.25, 0.3) is 0 Å². The highest BCUT2D eigenvalue weighted by Crippen LogP contribution is 2.24. The minimum Gasteiger partial charge on any atom is -0.465 e. The predicted molar refractivity (Wildman–Crippen MR) is 60.2 cm³/mol. The molecule has 0 bridgehead atoms. The molecule has 0 aliphatic heterocycles. The summed E-state index contributed by atoms with van der Waals surface area (Å²) in [5.74, 6) is -0.670. The molecule has 0 spiro atoms. The number of anilines is 1. The Kier molecular flexibility index (Phi) is 4.45. The first-order valence-electron chi connectivity index (χ1n) is 4.96. The normalized spacial score (nSPS) is 14.1. The van der Waals surface area contributed by atoms with Crippen LogP contribution >= 0.6 is 0 Å². The maximum Gasteiger partial charge on any atom is 0.338 e. The minimum atomic E-state index is -1.38. The van der Waals surface area contributed by atoms with Gasteiger partial charge in [-0.3, -0.25) is 0 Å². The van der Waals surface area contributed by atoms with Crippen molar-refractivity contribution in [3.05, 3.63) is 29.3 Å². The molecule has 6 heteroatoms. The summed E-state index contributed by atoms with van der Waals surface area (Å²) in [4.78, 5) is 11.5. The van der Waals surface area contributed by atoms with Crippen LogP contribution in [0, 0.1) is 0 Å². The fourth-order valence-electron chi connectivity index (χ4n) is 1.43. The summed E-state index contributed by atoms with van der Waals surface area (Å²) < 4.78 is 4.55. The number of hydrogen-bond acceptors (Lipinski definition) is 6. The van der Waals surface area contributed by atoms with Gasteiger partial charge in [0.1, 0.15) is 12.2 Å². The topological polar surface area (TPSA) is 113 Å². The van der Waals surface area contributed by atoms with E-state index in [4.69, 9.17) is 10.8 Å². The van der Waals surface area contributed by atoms with E-state index < -0.39 is 24.8 Å².